The van der Waals surface area contributed by atoms with Gasteiger partial charge >= 0.3 is 0 Å². The lowest BCUT2D eigenvalue weighted by molar-refractivity contribution is 0.0222. The molecule has 21 heavy (non-hydrogen) atoms. The van der Waals surface area contributed by atoms with E-state index in [2.05, 4.69) is 26.1 Å². The molecule has 4 heteroatoms. The van der Waals surface area contributed by atoms with Crippen molar-refractivity contribution in [3.8, 4) is 0 Å². The molecule has 1 amide bonds. The van der Waals surface area contributed by atoms with Gasteiger partial charge in [0, 0.05) is 29.7 Å². The van der Waals surface area contributed by atoms with E-state index in [1.807, 2.05) is 25.1 Å². The van der Waals surface area contributed by atoms with Crippen LogP contribution in [0.5, 0.6) is 0 Å². The highest BCUT2D eigenvalue weighted by Crippen LogP contribution is 2.35. The fraction of sp³-hybridized carbons (Fsp3) is 0.588. The zero-order chi connectivity index (χ0) is 14.9. The van der Waals surface area contributed by atoms with E-state index in [0.29, 0.717) is 0 Å². The summed E-state index contributed by atoms with van der Waals surface area (Å²) in [6.07, 6.45) is 6.07. The molecule has 3 rings (SSSR count). The largest absolute Gasteiger partial charge is 0.330 e. The monoisotopic (exact) mass is 350 g/mol. The van der Waals surface area contributed by atoms with Crippen molar-refractivity contribution >= 4 is 21.8 Å². The Kier molecular flexibility index (Phi) is 4.36. The molecule has 0 bridgehead atoms. The lowest BCUT2D eigenvalue weighted by atomic mass is 9.78. The van der Waals surface area contributed by atoms with Gasteiger partial charge in [-0.3, -0.25) is 4.79 Å². The molecule has 2 fully saturated rings. The van der Waals surface area contributed by atoms with Crippen LogP contribution in [0.25, 0.3) is 0 Å². The number of halogens is 1. The van der Waals surface area contributed by atoms with E-state index in [-0.39, 0.29) is 11.4 Å². The van der Waals surface area contributed by atoms with Crippen molar-refractivity contribution < 1.29 is 4.79 Å². The minimum absolute atomic E-state index is 0.0487. The fourth-order valence-electron chi connectivity index (χ4n) is 3.83. The van der Waals surface area contributed by atoms with Gasteiger partial charge in [-0.15, -0.1) is 0 Å². The molecule has 0 aromatic heterocycles. The van der Waals surface area contributed by atoms with E-state index >= 15 is 0 Å². The number of piperazine rings is 1. The van der Waals surface area contributed by atoms with Crippen molar-refractivity contribution in [2.24, 2.45) is 0 Å². The van der Waals surface area contributed by atoms with Gasteiger partial charge in [0.2, 0.25) is 0 Å². The third-order valence-electron chi connectivity index (χ3n) is 4.99. The summed E-state index contributed by atoms with van der Waals surface area (Å²) in [5.41, 5.74) is 1.96. The van der Waals surface area contributed by atoms with Gasteiger partial charge in [0.25, 0.3) is 5.91 Å². The number of nitrogens with zero attached hydrogens (tertiary/aromatic N) is 1. The van der Waals surface area contributed by atoms with E-state index in [0.717, 1.165) is 48.1 Å². The molecule has 1 spiro atoms. The summed E-state index contributed by atoms with van der Waals surface area (Å²) in [5.74, 6) is 0.211. The Bertz CT molecular complexity index is 529. The van der Waals surface area contributed by atoms with Gasteiger partial charge in [0.1, 0.15) is 0 Å². The second-order valence-corrected chi connectivity index (χ2v) is 7.29. The first-order valence-electron chi connectivity index (χ1n) is 7.91. The van der Waals surface area contributed by atoms with E-state index < -0.39 is 0 Å². The molecule has 1 saturated heterocycles. The summed E-state index contributed by atoms with van der Waals surface area (Å²) in [6.45, 7) is 4.71. The van der Waals surface area contributed by atoms with Gasteiger partial charge < -0.3 is 10.2 Å². The van der Waals surface area contributed by atoms with Crippen molar-refractivity contribution in [1.82, 2.24) is 10.2 Å². The van der Waals surface area contributed by atoms with Crippen molar-refractivity contribution in [2.45, 2.75) is 44.6 Å². The third-order valence-corrected chi connectivity index (χ3v) is 5.48. The molecule has 0 radical (unpaired) electrons. The molecule has 2 aliphatic rings. The lowest BCUT2D eigenvalue weighted by Crippen LogP contribution is -2.63. The molecule has 1 aromatic rings. The zero-order valence-electron chi connectivity index (χ0n) is 12.6. The van der Waals surface area contributed by atoms with E-state index in [4.69, 9.17) is 0 Å². The number of carbonyl (C=O) groups is 1. The predicted octanol–water partition coefficient (Wildman–Crippen LogP) is 3.51. The second-order valence-electron chi connectivity index (χ2n) is 6.38. The minimum atomic E-state index is 0.0487. The van der Waals surface area contributed by atoms with Crippen molar-refractivity contribution in [1.29, 1.82) is 0 Å². The third kappa shape index (κ3) is 2.88. The molecule has 1 heterocycles. The maximum absolute atomic E-state index is 13.1. The van der Waals surface area contributed by atoms with Gasteiger partial charge in [-0.1, -0.05) is 35.2 Å². The summed E-state index contributed by atoms with van der Waals surface area (Å²) in [7, 11) is 0. The standard InChI is InChI=1S/C17H23BrN2O/c1-13-11-14(18)5-6-15(13)16(21)20-10-9-19-12-17(20)7-3-2-4-8-17/h5-6,11,19H,2-4,7-10,12H2,1H3. The first-order valence-corrected chi connectivity index (χ1v) is 8.71. The van der Waals surface area contributed by atoms with E-state index in [9.17, 15) is 4.79 Å². The molecule has 114 valence electrons. The van der Waals surface area contributed by atoms with Gasteiger partial charge in [0.15, 0.2) is 0 Å². The molecular formula is C17H23BrN2O. The van der Waals surface area contributed by atoms with Gasteiger partial charge in [-0.05, 0) is 43.5 Å². The number of hydrogen-bond donors (Lipinski definition) is 1. The average molecular weight is 351 g/mol. The predicted molar refractivity (Wildman–Crippen MR) is 88.6 cm³/mol. The van der Waals surface area contributed by atoms with E-state index in [1.54, 1.807) is 0 Å². The fourth-order valence-corrected chi connectivity index (χ4v) is 4.31. The topological polar surface area (TPSA) is 32.3 Å². The highest BCUT2D eigenvalue weighted by atomic mass is 79.9. The zero-order valence-corrected chi connectivity index (χ0v) is 14.2. The molecule has 1 N–H and O–H groups in total. The Morgan fingerprint density at radius 2 is 2.05 bits per heavy atom. The summed E-state index contributed by atoms with van der Waals surface area (Å²) < 4.78 is 1.03. The number of carbonyl (C=O) groups excluding carboxylic acids is 1. The van der Waals surface area contributed by atoms with Gasteiger partial charge in [0.05, 0.1) is 5.54 Å². The number of aryl methyl sites for hydroxylation is 1. The first-order chi connectivity index (χ1) is 10.1. The molecule has 1 aliphatic heterocycles. The molecule has 3 nitrogen and oxygen atoms in total. The lowest BCUT2D eigenvalue weighted by Gasteiger charge is -2.50. The number of benzene rings is 1. The summed E-state index contributed by atoms with van der Waals surface area (Å²) in [4.78, 5) is 15.3. The van der Waals surface area contributed by atoms with Crippen LogP contribution in [0.3, 0.4) is 0 Å². The Labute approximate surface area is 135 Å². The minimum Gasteiger partial charge on any atom is -0.330 e. The van der Waals surface area contributed by atoms with Crippen LogP contribution in [0.1, 0.15) is 48.0 Å². The van der Waals surface area contributed by atoms with Crippen molar-refractivity contribution in [3.05, 3.63) is 33.8 Å². The molecular weight excluding hydrogens is 328 g/mol. The first kappa shape index (κ1) is 15.0. The summed E-state index contributed by atoms with van der Waals surface area (Å²) >= 11 is 3.48. The van der Waals surface area contributed by atoms with Crippen LogP contribution < -0.4 is 5.32 Å². The summed E-state index contributed by atoms with van der Waals surface area (Å²) in [5, 5.41) is 3.50. The molecule has 1 aromatic carbocycles. The van der Waals surface area contributed by atoms with Crippen LogP contribution in [0.2, 0.25) is 0 Å². The van der Waals surface area contributed by atoms with Crippen molar-refractivity contribution in [3.63, 3.8) is 0 Å². The smallest absolute Gasteiger partial charge is 0.254 e. The average Bonchev–Trinajstić information content (AvgIpc) is 2.48. The molecule has 0 unspecified atom stereocenters. The maximum atomic E-state index is 13.1. The normalized spacial score (nSPS) is 21.5. The Morgan fingerprint density at radius 1 is 1.29 bits per heavy atom. The van der Waals surface area contributed by atoms with E-state index in [1.165, 1.54) is 19.3 Å². The quantitative estimate of drug-likeness (QED) is 0.840. The number of amides is 1. The number of nitrogens with one attached hydrogen (secondary N) is 1. The second kappa shape index (κ2) is 6.09. The molecule has 1 saturated carbocycles. The Morgan fingerprint density at radius 3 is 2.76 bits per heavy atom. The van der Waals surface area contributed by atoms with Gasteiger partial charge in [-0.2, -0.15) is 0 Å². The van der Waals surface area contributed by atoms with Crippen molar-refractivity contribution in [2.75, 3.05) is 19.6 Å². The SMILES string of the molecule is Cc1cc(Br)ccc1C(=O)N1CCNCC12CCCCC2. The maximum Gasteiger partial charge on any atom is 0.254 e. The summed E-state index contributed by atoms with van der Waals surface area (Å²) in [6, 6.07) is 5.96. The number of hydrogen-bond acceptors (Lipinski definition) is 2. The van der Waals surface area contributed by atoms with Crippen LogP contribution in [-0.2, 0) is 0 Å². The van der Waals surface area contributed by atoms with Crippen LogP contribution in [0.15, 0.2) is 22.7 Å². The molecule has 1 aliphatic carbocycles. The van der Waals surface area contributed by atoms with Crippen LogP contribution in [0.4, 0.5) is 0 Å². The van der Waals surface area contributed by atoms with Gasteiger partial charge in [-0.25, -0.2) is 0 Å². The van der Waals surface area contributed by atoms with Crippen LogP contribution in [0, 0.1) is 6.92 Å². The number of rotatable bonds is 1. The highest BCUT2D eigenvalue weighted by molar-refractivity contribution is 9.10. The Hall–Kier alpha value is -0.870. The van der Waals surface area contributed by atoms with Crippen LogP contribution in [-0.4, -0.2) is 36.0 Å². The highest BCUT2D eigenvalue weighted by Gasteiger charge is 2.42. The van der Waals surface area contributed by atoms with Crippen LogP contribution >= 0.6 is 15.9 Å². The molecule has 0 atom stereocenters. The Balaban J connectivity index is 1.90.